The molecule has 0 bridgehead atoms. The van der Waals surface area contributed by atoms with Gasteiger partial charge in [0.05, 0.1) is 37.3 Å². The molecule has 0 saturated carbocycles. The summed E-state index contributed by atoms with van der Waals surface area (Å²) in [7, 11) is 6.83. The van der Waals surface area contributed by atoms with Gasteiger partial charge in [0.2, 0.25) is 11.8 Å². The van der Waals surface area contributed by atoms with Crippen LogP contribution in [0.15, 0.2) is 36.4 Å². The molecule has 0 radical (unpaired) electrons. The van der Waals surface area contributed by atoms with Crippen LogP contribution in [0.25, 0.3) is 0 Å². The summed E-state index contributed by atoms with van der Waals surface area (Å²) >= 11 is 0. The fourth-order valence-corrected chi connectivity index (χ4v) is 6.40. The SMILES string of the molecule is COc1ccc2c(c1)[C@](C)(C[C@@H]1OC(C)(C)O[C@H]1C[C@]1(C)C(=O)N(C)c3ccc(OC)cc31)C(=O)N2C. The maximum Gasteiger partial charge on any atom is 0.237 e. The van der Waals surface area contributed by atoms with Crippen LogP contribution in [-0.2, 0) is 29.9 Å². The van der Waals surface area contributed by atoms with Gasteiger partial charge in [-0.1, -0.05) is 0 Å². The molecule has 198 valence electrons. The minimum Gasteiger partial charge on any atom is -0.497 e. The molecule has 0 unspecified atom stereocenters. The maximum atomic E-state index is 13.6. The van der Waals surface area contributed by atoms with Crippen molar-refractivity contribution in [1.82, 2.24) is 0 Å². The monoisotopic (exact) mass is 508 g/mol. The van der Waals surface area contributed by atoms with Crippen LogP contribution in [0.1, 0.15) is 51.7 Å². The predicted octanol–water partition coefficient (Wildman–Crippen LogP) is 4.17. The maximum absolute atomic E-state index is 13.6. The summed E-state index contributed by atoms with van der Waals surface area (Å²) in [4.78, 5) is 30.6. The van der Waals surface area contributed by atoms with E-state index in [1.165, 1.54) is 0 Å². The first-order chi connectivity index (χ1) is 17.3. The van der Waals surface area contributed by atoms with Gasteiger partial charge in [0.1, 0.15) is 11.5 Å². The van der Waals surface area contributed by atoms with Crippen molar-refractivity contribution in [2.45, 2.75) is 69.4 Å². The van der Waals surface area contributed by atoms with Crippen molar-refractivity contribution in [3.05, 3.63) is 47.5 Å². The van der Waals surface area contributed by atoms with Crippen LogP contribution in [0.5, 0.6) is 11.5 Å². The molecule has 1 saturated heterocycles. The lowest BCUT2D eigenvalue weighted by molar-refractivity contribution is -0.151. The summed E-state index contributed by atoms with van der Waals surface area (Å²) in [5.41, 5.74) is 1.88. The molecule has 2 amide bonds. The van der Waals surface area contributed by atoms with Crippen molar-refractivity contribution in [3.8, 4) is 11.5 Å². The second-order valence-corrected chi connectivity index (χ2v) is 11.3. The summed E-state index contributed by atoms with van der Waals surface area (Å²) in [5, 5.41) is 0. The number of ether oxygens (including phenoxy) is 4. The third-order valence-electron chi connectivity index (χ3n) is 8.38. The Morgan fingerprint density at radius 2 is 1.11 bits per heavy atom. The molecule has 0 N–H and O–H groups in total. The lowest BCUT2D eigenvalue weighted by Gasteiger charge is -2.31. The molecule has 3 heterocycles. The third kappa shape index (κ3) is 3.80. The van der Waals surface area contributed by atoms with Gasteiger partial charge in [0.15, 0.2) is 5.79 Å². The molecular formula is C29H36N2O6. The standard InChI is InChI=1S/C29H36N2O6/c1-27(2)36-23(15-28(3)19-13-17(34-7)9-11-21(19)30(5)25(28)32)24(37-27)16-29(4)20-14-18(35-8)10-12-22(20)31(6)26(29)33/h9-14,23-24H,15-16H2,1-8H3/t23-,24-,28-,29-/m0/s1. The van der Waals surface area contributed by atoms with Crippen LogP contribution >= 0.6 is 0 Å². The molecule has 2 aromatic carbocycles. The number of carbonyl (C=O) groups excluding carboxylic acids is 2. The highest BCUT2D eigenvalue weighted by Crippen LogP contribution is 2.51. The Labute approximate surface area is 218 Å². The number of nitrogens with zero attached hydrogens (tertiary/aromatic N) is 2. The Bertz CT molecular complexity index is 1180. The molecule has 0 spiro atoms. The van der Waals surface area contributed by atoms with Gasteiger partial charge in [-0.3, -0.25) is 9.59 Å². The lowest BCUT2D eigenvalue weighted by atomic mass is 9.74. The van der Waals surface area contributed by atoms with Crippen LogP contribution in [0.3, 0.4) is 0 Å². The highest BCUT2D eigenvalue weighted by molar-refractivity contribution is 6.08. The first-order valence-electron chi connectivity index (χ1n) is 12.6. The number of hydrogen-bond acceptors (Lipinski definition) is 6. The van der Waals surface area contributed by atoms with Gasteiger partial charge in [0.25, 0.3) is 0 Å². The zero-order chi connectivity index (χ0) is 26.9. The number of benzene rings is 2. The highest BCUT2D eigenvalue weighted by Gasteiger charge is 2.55. The van der Waals surface area contributed by atoms with E-state index in [0.717, 1.165) is 22.5 Å². The minimum atomic E-state index is -0.850. The molecule has 3 aliphatic heterocycles. The van der Waals surface area contributed by atoms with Gasteiger partial charge in [-0.25, -0.2) is 0 Å². The Morgan fingerprint density at radius 3 is 1.46 bits per heavy atom. The largest absolute Gasteiger partial charge is 0.497 e. The molecule has 1 fully saturated rings. The van der Waals surface area contributed by atoms with Crippen molar-refractivity contribution >= 4 is 23.2 Å². The fourth-order valence-electron chi connectivity index (χ4n) is 6.40. The van der Waals surface area contributed by atoms with E-state index in [1.807, 2.05) is 64.1 Å². The van der Waals surface area contributed by atoms with Gasteiger partial charge in [0, 0.05) is 25.5 Å². The zero-order valence-corrected chi connectivity index (χ0v) is 22.9. The quantitative estimate of drug-likeness (QED) is 0.583. The van der Waals surface area contributed by atoms with Gasteiger partial charge < -0.3 is 28.7 Å². The summed E-state index contributed by atoms with van der Waals surface area (Å²) in [6.07, 6.45) is 0.0172. The molecule has 0 aromatic heterocycles. The Hall–Kier alpha value is -3.10. The van der Waals surface area contributed by atoms with Crippen molar-refractivity contribution in [3.63, 3.8) is 0 Å². The summed E-state index contributed by atoms with van der Waals surface area (Å²) < 4.78 is 23.8. The predicted molar refractivity (Wildman–Crippen MR) is 141 cm³/mol. The molecule has 4 atom stereocenters. The van der Waals surface area contributed by atoms with Crippen LogP contribution in [0, 0.1) is 0 Å². The molecule has 5 rings (SSSR count). The number of carbonyl (C=O) groups is 2. The number of anilines is 2. The normalized spacial score (nSPS) is 30.1. The van der Waals surface area contributed by atoms with E-state index in [0.29, 0.717) is 24.3 Å². The van der Waals surface area contributed by atoms with Gasteiger partial charge in [-0.05, 0) is 88.1 Å². The van der Waals surface area contributed by atoms with E-state index in [9.17, 15) is 9.59 Å². The van der Waals surface area contributed by atoms with Crippen LogP contribution in [0.4, 0.5) is 11.4 Å². The second-order valence-electron chi connectivity index (χ2n) is 11.3. The fraction of sp³-hybridized carbons (Fsp3) is 0.517. The number of amides is 2. The van der Waals surface area contributed by atoms with E-state index < -0.39 is 28.8 Å². The number of likely N-dealkylation sites (N-methyl/N-ethyl adjacent to an activating group) is 2. The van der Waals surface area contributed by atoms with E-state index >= 15 is 0 Å². The average Bonchev–Trinajstić information content (AvgIpc) is 3.33. The summed E-state index contributed by atoms with van der Waals surface area (Å²) in [5.74, 6) is 0.552. The van der Waals surface area contributed by atoms with Crippen molar-refractivity contribution < 1.29 is 28.5 Å². The highest BCUT2D eigenvalue weighted by atomic mass is 16.7. The molecule has 0 aliphatic carbocycles. The average molecular weight is 509 g/mol. The zero-order valence-electron chi connectivity index (χ0n) is 22.9. The van der Waals surface area contributed by atoms with Gasteiger partial charge in [-0.15, -0.1) is 0 Å². The van der Waals surface area contributed by atoms with E-state index in [4.69, 9.17) is 18.9 Å². The number of rotatable bonds is 6. The third-order valence-corrected chi connectivity index (χ3v) is 8.38. The van der Waals surface area contributed by atoms with Crippen molar-refractivity contribution in [2.75, 3.05) is 38.1 Å². The Kier molecular flexibility index (Phi) is 5.84. The van der Waals surface area contributed by atoms with E-state index in [1.54, 1.807) is 38.1 Å². The number of hydrogen-bond donors (Lipinski definition) is 0. The van der Waals surface area contributed by atoms with Gasteiger partial charge >= 0.3 is 0 Å². The molecule has 8 nitrogen and oxygen atoms in total. The second kappa shape index (κ2) is 8.46. The van der Waals surface area contributed by atoms with Crippen LogP contribution in [-0.4, -0.2) is 58.1 Å². The van der Waals surface area contributed by atoms with E-state index in [-0.39, 0.29) is 11.8 Å². The first-order valence-corrected chi connectivity index (χ1v) is 12.6. The van der Waals surface area contributed by atoms with Crippen molar-refractivity contribution in [2.24, 2.45) is 0 Å². The summed E-state index contributed by atoms with van der Waals surface area (Å²) in [6, 6.07) is 11.4. The lowest BCUT2D eigenvalue weighted by Crippen LogP contribution is -2.44. The topological polar surface area (TPSA) is 77.5 Å². The first kappa shape index (κ1) is 25.5. The van der Waals surface area contributed by atoms with E-state index in [2.05, 4.69) is 0 Å². The minimum absolute atomic E-state index is 0.000721. The van der Waals surface area contributed by atoms with Crippen molar-refractivity contribution in [1.29, 1.82) is 0 Å². The van der Waals surface area contributed by atoms with Gasteiger partial charge in [-0.2, -0.15) is 0 Å². The number of methoxy groups -OCH3 is 2. The molecule has 3 aliphatic rings. The molecular weight excluding hydrogens is 472 g/mol. The molecule has 8 heteroatoms. The molecule has 37 heavy (non-hydrogen) atoms. The Morgan fingerprint density at radius 1 is 0.730 bits per heavy atom. The smallest absolute Gasteiger partial charge is 0.237 e. The number of fused-ring (bicyclic) bond motifs is 2. The van der Waals surface area contributed by atoms with Crippen LogP contribution in [0.2, 0.25) is 0 Å². The summed E-state index contributed by atoms with van der Waals surface area (Å²) in [6.45, 7) is 7.67. The Balaban J connectivity index is 1.50. The molecule has 2 aromatic rings. The van der Waals surface area contributed by atoms with Crippen LogP contribution < -0.4 is 19.3 Å².